The second kappa shape index (κ2) is 11.0. The van der Waals surface area contributed by atoms with E-state index in [2.05, 4.69) is 14.9 Å². The van der Waals surface area contributed by atoms with Crippen LogP contribution >= 0.6 is 0 Å². The van der Waals surface area contributed by atoms with Gasteiger partial charge in [-0.25, -0.2) is 0 Å². The Morgan fingerprint density at radius 1 is 1.20 bits per heavy atom. The van der Waals surface area contributed by atoms with Crippen LogP contribution in [0.5, 0.6) is 0 Å². The molecule has 0 aliphatic carbocycles. The monoisotopic (exact) mass is 144 g/mol. The SMILES string of the molecule is CC.CC.Cc1cnno1. The molecule has 0 aromatic carbocycles. The Labute approximate surface area is 62.4 Å². The summed E-state index contributed by atoms with van der Waals surface area (Å²) in [5, 5.41) is 6.60. The highest BCUT2D eigenvalue weighted by molar-refractivity contribution is 4.77. The zero-order valence-corrected chi connectivity index (χ0v) is 7.38. The van der Waals surface area contributed by atoms with E-state index in [0.29, 0.717) is 0 Å². The van der Waals surface area contributed by atoms with E-state index >= 15 is 0 Å². The number of rotatable bonds is 0. The zero-order chi connectivity index (χ0) is 8.41. The summed E-state index contributed by atoms with van der Waals surface area (Å²) in [6.07, 6.45) is 1.56. The second-order valence-corrected chi connectivity index (χ2v) is 1.03. The third-order valence-corrected chi connectivity index (χ3v) is 0.471. The fourth-order valence-corrected chi connectivity index (χ4v) is 0.216. The Kier molecular flexibility index (Phi) is 13.1. The summed E-state index contributed by atoms with van der Waals surface area (Å²) in [7, 11) is 0. The molecule has 1 rings (SSSR count). The molecule has 0 amide bonds. The van der Waals surface area contributed by atoms with Gasteiger partial charge in [0, 0.05) is 5.27 Å². The lowest BCUT2D eigenvalue weighted by Gasteiger charge is -1.62. The van der Waals surface area contributed by atoms with Crippen molar-refractivity contribution < 1.29 is 4.52 Å². The lowest BCUT2D eigenvalue weighted by atomic mass is 10.6. The van der Waals surface area contributed by atoms with Crippen molar-refractivity contribution in [2.24, 2.45) is 0 Å². The van der Waals surface area contributed by atoms with E-state index in [1.54, 1.807) is 13.1 Å². The quantitative estimate of drug-likeness (QED) is 0.561. The maximum atomic E-state index is 4.47. The van der Waals surface area contributed by atoms with Gasteiger partial charge in [-0.3, -0.25) is 0 Å². The van der Waals surface area contributed by atoms with Gasteiger partial charge in [0.2, 0.25) is 0 Å². The number of aromatic nitrogens is 2. The van der Waals surface area contributed by atoms with Crippen molar-refractivity contribution in [3.63, 3.8) is 0 Å². The molecule has 3 heteroatoms. The minimum absolute atomic E-state index is 0.745. The summed E-state index contributed by atoms with van der Waals surface area (Å²) >= 11 is 0. The van der Waals surface area contributed by atoms with Crippen molar-refractivity contribution in [1.29, 1.82) is 0 Å². The first-order chi connectivity index (χ1) is 4.89. The van der Waals surface area contributed by atoms with E-state index in [1.165, 1.54) is 0 Å². The van der Waals surface area contributed by atoms with Crippen molar-refractivity contribution in [3.05, 3.63) is 12.0 Å². The second-order valence-electron chi connectivity index (χ2n) is 1.03. The van der Waals surface area contributed by atoms with E-state index in [4.69, 9.17) is 0 Å². The van der Waals surface area contributed by atoms with Crippen molar-refractivity contribution in [2.45, 2.75) is 34.6 Å². The van der Waals surface area contributed by atoms with Crippen LogP contribution in [0.2, 0.25) is 0 Å². The third-order valence-electron chi connectivity index (χ3n) is 0.471. The number of hydrogen-bond donors (Lipinski definition) is 0. The first-order valence-corrected chi connectivity index (χ1v) is 3.63. The van der Waals surface area contributed by atoms with Crippen molar-refractivity contribution in [1.82, 2.24) is 10.4 Å². The summed E-state index contributed by atoms with van der Waals surface area (Å²) < 4.78 is 4.47. The Morgan fingerprint density at radius 3 is 1.80 bits per heavy atom. The smallest absolute Gasteiger partial charge is 0.154 e. The molecule has 0 atom stereocenters. The molecule has 0 aliphatic heterocycles. The summed E-state index contributed by atoms with van der Waals surface area (Å²) in [5.41, 5.74) is 0. The molecule has 3 nitrogen and oxygen atoms in total. The molecule has 0 unspecified atom stereocenters. The molecule has 0 spiro atoms. The van der Waals surface area contributed by atoms with Gasteiger partial charge in [-0.05, 0) is 6.92 Å². The molecule has 0 N–H and O–H groups in total. The zero-order valence-electron chi connectivity index (χ0n) is 7.38. The van der Waals surface area contributed by atoms with E-state index in [0.717, 1.165) is 5.76 Å². The highest BCUT2D eigenvalue weighted by atomic mass is 16.5. The lowest BCUT2D eigenvalue weighted by molar-refractivity contribution is 0.374. The number of nitrogens with zero attached hydrogens (tertiary/aromatic N) is 2. The van der Waals surface area contributed by atoms with Crippen LogP contribution in [0.4, 0.5) is 0 Å². The molecule has 0 radical (unpaired) electrons. The molecular formula is C7H16N2O. The van der Waals surface area contributed by atoms with E-state index in [9.17, 15) is 0 Å². The van der Waals surface area contributed by atoms with Crippen molar-refractivity contribution in [2.75, 3.05) is 0 Å². The maximum Gasteiger partial charge on any atom is 0.154 e. The average molecular weight is 144 g/mol. The van der Waals surface area contributed by atoms with Crippen LogP contribution in [0.15, 0.2) is 10.7 Å². The third kappa shape index (κ3) is 7.14. The predicted octanol–water partition coefficient (Wildman–Crippen LogP) is 2.43. The largest absolute Gasteiger partial charge is 0.342 e. The van der Waals surface area contributed by atoms with Crippen LogP contribution in [-0.4, -0.2) is 10.4 Å². The first-order valence-electron chi connectivity index (χ1n) is 3.63. The first kappa shape index (κ1) is 11.9. The average Bonchev–Trinajstić information content (AvgIpc) is 2.48. The van der Waals surface area contributed by atoms with E-state index < -0.39 is 0 Å². The molecule has 60 valence electrons. The molecule has 0 bridgehead atoms. The van der Waals surface area contributed by atoms with E-state index in [1.807, 2.05) is 27.7 Å². The van der Waals surface area contributed by atoms with Gasteiger partial charge >= 0.3 is 0 Å². The molecule has 1 aromatic heterocycles. The van der Waals surface area contributed by atoms with Crippen LogP contribution in [0, 0.1) is 6.92 Å². The summed E-state index contributed by atoms with van der Waals surface area (Å²) in [6, 6.07) is 0. The van der Waals surface area contributed by atoms with Gasteiger partial charge in [-0.1, -0.05) is 27.7 Å². The van der Waals surface area contributed by atoms with Crippen molar-refractivity contribution in [3.8, 4) is 0 Å². The van der Waals surface area contributed by atoms with E-state index in [-0.39, 0.29) is 0 Å². The fraction of sp³-hybridized carbons (Fsp3) is 0.714. The van der Waals surface area contributed by atoms with Crippen LogP contribution in [0.25, 0.3) is 0 Å². The Morgan fingerprint density at radius 2 is 1.70 bits per heavy atom. The Balaban J connectivity index is 0. The molecule has 0 aliphatic rings. The lowest BCUT2D eigenvalue weighted by Crippen LogP contribution is -1.53. The molecule has 1 aromatic rings. The van der Waals surface area contributed by atoms with Gasteiger partial charge in [0.1, 0.15) is 0 Å². The molecule has 0 saturated carbocycles. The highest BCUT2D eigenvalue weighted by Gasteiger charge is 1.79. The van der Waals surface area contributed by atoms with Gasteiger partial charge in [-0.2, -0.15) is 0 Å². The Bertz CT molecular complexity index is 115. The minimum atomic E-state index is 0.745. The number of aryl methyl sites for hydroxylation is 1. The van der Waals surface area contributed by atoms with Crippen LogP contribution in [0.3, 0.4) is 0 Å². The van der Waals surface area contributed by atoms with Gasteiger partial charge in [0.25, 0.3) is 0 Å². The predicted molar refractivity (Wildman–Crippen MR) is 41.7 cm³/mol. The van der Waals surface area contributed by atoms with Crippen LogP contribution in [-0.2, 0) is 0 Å². The molecule has 0 saturated heterocycles. The molecule has 0 fully saturated rings. The fourth-order valence-electron chi connectivity index (χ4n) is 0.216. The molecule has 10 heavy (non-hydrogen) atoms. The van der Waals surface area contributed by atoms with Crippen LogP contribution < -0.4 is 0 Å². The summed E-state index contributed by atoms with van der Waals surface area (Å²) in [4.78, 5) is 0. The van der Waals surface area contributed by atoms with Crippen LogP contribution in [0.1, 0.15) is 33.5 Å². The Hall–Kier alpha value is -0.860. The number of hydrogen-bond acceptors (Lipinski definition) is 3. The standard InChI is InChI=1S/C3H4N2O.2C2H6/c1-3-2-4-5-6-3;2*1-2/h2H,1H3;2*1-2H3. The van der Waals surface area contributed by atoms with Gasteiger partial charge in [-0.15, -0.1) is 5.10 Å². The van der Waals surface area contributed by atoms with Gasteiger partial charge in [0.15, 0.2) is 5.76 Å². The highest BCUT2D eigenvalue weighted by Crippen LogP contribution is 1.84. The van der Waals surface area contributed by atoms with Crippen molar-refractivity contribution >= 4 is 0 Å². The normalized spacial score (nSPS) is 6.50. The minimum Gasteiger partial charge on any atom is -0.342 e. The summed E-state index contributed by atoms with van der Waals surface area (Å²) in [6.45, 7) is 9.79. The molecule has 1 heterocycles. The van der Waals surface area contributed by atoms with Gasteiger partial charge < -0.3 is 4.52 Å². The molecular weight excluding hydrogens is 128 g/mol. The van der Waals surface area contributed by atoms with Gasteiger partial charge in [0.05, 0.1) is 6.20 Å². The maximum absolute atomic E-state index is 4.47. The topological polar surface area (TPSA) is 38.9 Å². The summed E-state index contributed by atoms with van der Waals surface area (Å²) in [5.74, 6) is 0.745.